The molecule has 33 heavy (non-hydrogen) atoms. The molecule has 0 aromatic carbocycles. The number of allylic oxidation sites excluding steroid dienone is 2. The summed E-state index contributed by atoms with van der Waals surface area (Å²) in [6.45, 7) is 6.86. The Hall–Kier alpha value is -3.54. The smallest absolute Gasteiger partial charge is 0.239 e. The molecule has 3 aromatic heterocycles. The van der Waals surface area contributed by atoms with Crippen molar-refractivity contribution in [2.75, 3.05) is 13.7 Å². The molecule has 0 aliphatic heterocycles. The van der Waals surface area contributed by atoms with E-state index in [9.17, 15) is 4.79 Å². The molecule has 0 fully saturated rings. The van der Waals surface area contributed by atoms with Crippen molar-refractivity contribution in [1.29, 1.82) is 0 Å². The molecule has 0 atom stereocenters. The molecule has 3 heterocycles. The number of amides is 1. The maximum absolute atomic E-state index is 12.8. The van der Waals surface area contributed by atoms with Gasteiger partial charge in [0.2, 0.25) is 5.91 Å². The van der Waals surface area contributed by atoms with E-state index in [0.717, 1.165) is 46.4 Å². The molecule has 2 N–H and O–H groups in total. The highest BCUT2D eigenvalue weighted by atomic mass is 16.5. The normalized spacial score (nSPS) is 13.9. The molecule has 3 aromatic rings. The third-order valence-corrected chi connectivity index (χ3v) is 6.22. The van der Waals surface area contributed by atoms with Crippen LogP contribution in [-0.4, -0.2) is 34.1 Å². The Morgan fingerprint density at radius 3 is 3.03 bits per heavy atom. The molecule has 6 heteroatoms. The molecule has 0 saturated carbocycles. The minimum Gasteiger partial charge on any atom is -0.497 e. The van der Waals surface area contributed by atoms with Crippen LogP contribution in [0, 0.1) is 6.92 Å². The van der Waals surface area contributed by atoms with E-state index < -0.39 is 0 Å². The van der Waals surface area contributed by atoms with Gasteiger partial charge in [-0.2, -0.15) is 0 Å². The number of carbonyl (C=O) groups excluding carboxylic acids is 1. The van der Waals surface area contributed by atoms with E-state index in [1.54, 1.807) is 13.3 Å². The van der Waals surface area contributed by atoms with Crippen LogP contribution in [0.3, 0.4) is 0 Å². The van der Waals surface area contributed by atoms with Gasteiger partial charge in [0.1, 0.15) is 18.0 Å². The van der Waals surface area contributed by atoms with Gasteiger partial charge in [-0.25, -0.2) is 4.98 Å². The number of hydrogen-bond donors (Lipinski definition) is 2. The second-order valence-electron chi connectivity index (χ2n) is 8.52. The molecule has 0 unspecified atom stereocenters. The fourth-order valence-electron chi connectivity index (χ4n) is 4.35. The quantitative estimate of drug-likeness (QED) is 0.259. The fraction of sp³-hybridized carbons (Fsp3) is 0.333. The van der Waals surface area contributed by atoms with Gasteiger partial charge in [-0.05, 0) is 74.9 Å². The van der Waals surface area contributed by atoms with E-state index in [2.05, 4.69) is 40.9 Å². The third kappa shape index (κ3) is 5.45. The van der Waals surface area contributed by atoms with Crippen LogP contribution in [-0.2, 0) is 16.1 Å². The highest BCUT2D eigenvalue weighted by Gasteiger charge is 2.16. The van der Waals surface area contributed by atoms with Crippen molar-refractivity contribution < 1.29 is 9.53 Å². The van der Waals surface area contributed by atoms with Crippen molar-refractivity contribution in [3.63, 3.8) is 0 Å². The third-order valence-electron chi connectivity index (χ3n) is 6.22. The summed E-state index contributed by atoms with van der Waals surface area (Å²) in [7, 11) is 1.59. The summed E-state index contributed by atoms with van der Waals surface area (Å²) in [6.07, 6.45) is 15.7. The highest BCUT2D eigenvalue weighted by Crippen LogP contribution is 2.30. The van der Waals surface area contributed by atoms with Gasteiger partial charge in [-0.1, -0.05) is 18.2 Å². The number of fused-ring (bicyclic) bond motifs is 1. The lowest BCUT2D eigenvalue weighted by molar-refractivity contribution is -0.121. The number of aromatic nitrogens is 3. The van der Waals surface area contributed by atoms with E-state index in [4.69, 9.17) is 4.74 Å². The van der Waals surface area contributed by atoms with Gasteiger partial charge in [0, 0.05) is 41.3 Å². The van der Waals surface area contributed by atoms with Crippen LogP contribution in [0.2, 0.25) is 0 Å². The van der Waals surface area contributed by atoms with Crippen molar-refractivity contribution in [1.82, 2.24) is 19.9 Å². The molecular formula is C27H32N4O2. The Bertz CT molecular complexity index is 1180. The van der Waals surface area contributed by atoms with Gasteiger partial charge in [-0.3, -0.25) is 4.79 Å². The Kier molecular flexibility index (Phi) is 7.13. The van der Waals surface area contributed by atoms with Crippen LogP contribution in [0.25, 0.3) is 28.4 Å². The number of rotatable bonds is 9. The average Bonchev–Trinajstić information content (AvgIpc) is 3.39. The molecule has 4 rings (SSSR count). The van der Waals surface area contributed by atoms with Crippen LogP contribution in [0.15, 0.2) is 60.7 Å². The molecule has 172 valence electrons. The van der Waals surface area contributed by atoms with Crippen LogP contribution in [0.4, 0.5) is 0 Å². The van der Waals surface area contributed by atoms with Crippen molar-refractivity contribution >= 4 is 23.0 Å². The van der Waals surface area contributed by atoms with E-state index >= 15 is 0 Å². The Balaban J connectivity index is 1.55. The zero-order chi connectivity index (χ0) is 23.2. The molecule has 1 aliphatic carbocycles. The summed E-state index contributed by atoms with van der Waals surface area (Å²) in [4.78, 5) is 20.6. The topological polar surface area (TPSA) is 71.9 Å². The maximum atomic E-state index is 12.8. The first-order valence-electron chi connectivity index (χ1n) is 11.5. The van der Waals surface area contributed by atoms with Crippen LogP contribution < -0.4 is 5.32 Å². The first kappa shape index (κ1) is 22.6. The van der Waals surface area contributed by atoms with Crippen LogP contribution in [0.5, 0.6) is 0 Å². The van der Waals surface area contributed by atoms with Crippen LogP contribution >= 0.6 is 0 Å². The summed E-state index contributed by atoms with van der Waals surface area (Å²) < 4.78 is 7.17. The van der Waals surface area contributed by atoms with Crippen molar-refractivity contribution in [2.45, 2.75) is 45.6 Å². The predicted molar refractivity (Wildman–Crippen MR) is 134 cm³/mol. The lowest BCUT2D eigenvalue weighted by atomic mass is 9.97. The number of hydrogen-bond acceptors (Lipinski definition) is 3. The Labute approximate surface area is 195 Å². The summed E-state index contributed by atoms with van der Waals surface area (Å²) in [5, 5.41) is 4.14. The molecule has 0 saturated heterocycles. The minimum absolute atomic E-state index is 0.00601. The fourth-order valence-corrected chi connectivity index (χ4v) is 4.35. The predicted octanol–water partition coefficient (Wildman–Crippen LogP) is 5.52. The van der Waals surface area contributed by atoms with Gasteiger partial charge >= 0.3 is 0 Å². The van der Waals surface area contributed by atoms with Crippen molar-refractivity contribution in [2.24, 2.45) is 0 Å². The van der Waals surface area contributed by atoms with Crippen LogP contribution in [0.1, 0.15) is 43.4 Å². The number of pyridine rings is 1. The zero-order valence-electron chi connectivity index (χ0n) is 19.5. The standard InChI is InChI=1S/C27H32N4O2/c1-19(33-3)11-12-25-20(2)23(24-16-22-10-7-14-29-27(22)30-24)17-31(25)18-26(32)28-15-13-21-8-5-4-6-9-21/h7-8,10-12,14,16-17H,1,4-6,9,13,15,18H2,2-3H3,(H,28,32)(H,29,30)/b12-11-. The molecule has 0 spiro atoms. The van der Waals surface area contributed by atoms with Gasteiger partial charge < -0.3 is 19.6 Å². The number of aromatic amines is 1. The summed E-state index contributed by atoms with van der Waals surface area (Å²) in [5.74, 6) is 0.565. The zero-order valence-corrected chi connectivity index (χ0v) is 19.5. The van der Waals surface area contributed by atoms with E-state index in [-0.39, 0.29) is 12.5 Å². The lowest BCUT2D eigenvalue weighted by Gasteiger charge is -2.13. The van der Waals surface area contributed by atoms with E-state index in [0.29, 0.717) is 12.3 Å². The second-order valence-corrected chi connectivity index (χ2v) is 8.52. The van der Waals surface area contributed by atoms with Crippen molar-refractivity contribution in [3.8, 4) is 11.3 Å². The molecule has 1 aliphatic rings. The SMILES string of the molecule is C=C(/C=C\c1c(C)c(-c2cc3cccnc3[nH]2)cn1CC(=O)NCCC1=CCCCC1)OC. The van der Waals surface area contributed by atoms with Gasteiger partial charge in [-0.15, -0.1) is 0 Å². The van der Waals surface area contributed by atoms with E-state index in [1.165, 1.54) is 24.8 Å². The number of H-pyrrole nitrogens is 1. The molecular weight excluding hydrogens is 412 g/mol. The maximum Gasteiger partial charge on any atom is 0.239 e. The lowest BCUT2D eigenvalue weighted by Crippen LogP contribution is -2.28. The average molecular weight is 445 g/mol. The molecule has 0 bridgehead atoms. The number of methoxy groups -OCH3 is 1. The summed E-state index contributed by atoms with van der Waals surface area (Å²) in [6, 6.07) is 6.05. The summed E-state index contributed by atoms with van der Waals surface area (Å²) in [5.41, 5.74) is 6.34. The first-order chi connectivity index (χ1) is 16.0. The summed E-state index contributed by atoms with van der Waals surface area (Å²) >= 11 is 0. The number of nitrogens with one attached hydrogen (secondary N) is 2. The highest BCUT2D eigenvalue weighted by molar-refractivity contribution is 5.85. The van der Waals surface area contributed by atoms with Gasteiger partial charge in [0.05, 0.1) is 7.11 Å². The van der Waals surface area contributed by atoms with Crippen molar-refractivity contribution in [3.05, 3.63) is 71.9 Å². The minimum atomic E-state index is 0.00601. The number of ether oxygens (including phenoxy) is 1. The number of carbonyl (C=O) groups is 1. The molecule has 6 nitrogen and oxygen atoms in total. The Morgan fingerprint density at radius 2 is 2.27 bits per heavy atom. The number of nitrogens with zero attached hydrogens (tertiary/aromatic N) is 2. The molecule has 1 amide bonds. The van der Waals surface area contributed by atoms with Gasteiger partial charge in [0.25, 0.3) is 0 Å². The Morgan fingerprint density at radius 1 is 1.39 bits per heavy atom. The first-order valence-corrected chi connectivity index (χ1v) is 11.5. The largest absolute Gasteiger partial charge is 0.497 e. The van der Waals surface area contributed by atoms with Gasteiger partial charge in [0.15, 0.2) is 0 Å². The molecule has 0 radical (unpaired) electrons. The second kappa shape index (κ2) is 10.4. The monoisotopic (exact) mass is 444 g/mol. The van der Waals surface area contributed by atoms with E-state index in [1.807, 2.05) is 35.0 Å².